The maximum atomic E-state index is 13.4. The quantitative estimate of drug-likeness (QED) is 0.439. The number of anilines is 2. The first-order valence-electron chi connectivity index (χ1n) is 10.2. The number of amides is 1. The molecule has 3 aromatic carbocycles. The second kappa shape index (κ2) is 6.93. The van der Waals surface area contributed by atoms with Crippen LogP contribution >= 0.6 is 0 Å². The molecule has 4 aromatic rings. The van der Waals surface area contributed by atoms with Gasteiger partial charge in [-0.1, -0.05) is 12.1 Å². The van der Waals surface area contributed by atoms with Crippen molar-refractivity contribution in [1.29, 1.82) is 0 Å². The van der Waals surface area contributed by atoms with Crippen LogP contribution in [0.5, 0.6) is 0 Å². The largest absolute Gasteiger partial charge is 0.461 e. The van der Waals surface area contributed by atoms with Crippen molar-refractivity contribution in [3.63, 3.8) is 0 Å². The predicted molar refractivity (Wildman–Crippen MR) is 123 cm³/mol. The van der Waals surface area contributed by atoms with Crippen LogP contribution < -0.4 is 9.62 Å². The molecule has 1 aromatic heterocycles. The molecule has 0 saturated heterocycles. The van der Waals surface area contributed by atoms with E-state index in [2.05, 4.69) is 4.72 Å². The minimum absolute atomic E-state index is 0.0825. The van der Waals surface area contributed by atoms with E-state index in [1.165, 1.54) is 13.0 Å². The minimum Gasteiger partial charge on any atom is -0.461 e. The molecule has 162 valence electrons. The van der Waals surface area contributed by atoms with Crippen molar-refractivity contribution >= 4 is 54.8 Å². The van der Waals surface area contributed by atoms with Crippen LogP contribution in [0.2, 0.25) is 0 Å². The molecule has 0 aliphatic carbocycles. The molecule has 1 N–H and O–H groups in total. The number of carbonyl (C=O) groups excluding carboxylic acids is 2. The van der Waals surface area contributed by atoms with Gasteiger partial charge in [0.05, 0.1) is 16.1 Å². The van der Waals surface area contributed by atoms with Crippen LogP contribution in [0.4, 0.5) is 11.4 Å². The molecule has 0 atom stereocenters. The number of fused-ring (bicyclic) bond motifs is 1. The Morgan fingerprint density at radius 3 is 2.59 bits per heavy atom. The van der Waals surface area contributed by atoms with Gasteiger partial charge in [-0.2, -0.15) is 0 Å². The van der Waals surface area contributed by atoms with Gasteiger partial charge in [0, 0.05) is 34.0 Å². The lowest BCUT2D eigenvalue weighted by atomic mass is 10.1. The lowest BCUT2D eigenvalue weighted by Gasteiger charge is -2.16. The number of hydrogen-bond donors (Lipinski definition) is 1. The summed E-state index contributed by atoms with van der Waals surface area (Å²) in [6.07, 6.45) is 0. The third kappa shape index (κ3) is 2.83. The highest BCUT2D eigenvalue weighted by Gasteiger charge is 2.31. The number of benzene rings is 3. The topological polar surface area (TPSA) is 96.7 Å². The molecule has 0 saturated carbocycles. The standard InChI is InChI=1S/C24H20N2O5S/c1-4-26-19-9-11-21(16-6-5-7-17(23(16)19)24(26)28)32(29,30)25-15-8-10-20-18(12-15)22(13(2)27)14(3)31-20/h5-12,25H,4H2,1-3H3. The first-order chi connectivity index (χ1) is 15.2. The van der Waals surface area contributed by atoms with Gasteiger partial charge in [-0.15, -0.1) is 0 Å². The number of nitrogens with zero attached hydrogens (tertiary/aromatic N) is 1. The average molecular weight is 449 g/mol. The Kier molecular flexibility index (Phi) is 4.39. The number of nitrogens with one attached hydrogen (secondary N) is 1. The van der Waals surface area contributed by atoms with Gasteiger partial charge in [-0.3, -0.25) is 14.3 Å². The molecule has 1 aliphatic rings. The van der Waals surface area contributed by atoms with Crippen LogP contribution in [-0.2, 0) is 10.0 Å². The van der Waals surface area contributed by atoms with E-state index < -0.39 is 10.0 Å². The zero-order valence-electron chi connectivity index (χ0n) is 17.7. The lowest BCUT2D eigenvalue weighted by molar-refractivity contribution is 0.0991. The first-order valence-corrected chi connectivity index (χ1v) is 11.7. The minimum atomic E-state index is -3.98. The van der Waals surface area contributed by atoms with Gasteiger partial charge in [-0.05, 0) is 57.2 Å². The van der Waals surface area contributed by atoms with Gasteiger partial charge >= 0.3 is 0 Å². The van der Waals surface area contributed by atoms with Crippen molar-refractivity contribution in [1.82, 2.24) is 0 Å². The summed E-state index contributed by atoms with van der Waals surface area (Å²) >= 11 is 0. The van der Waals surface area contributed by atoms with Crippen LogP contribution in [0.15, 0.2) is 57.8 Å². The molecule has 2 heterocycles. The van der Waals surface area contributed by atoms with Gasteiger partial charge in [0.1, 0.15) is 11.3 Å². The van der Waals surface area contributed by atoms with Crippen LogP contribution in [0, 0.1) is 6.92 Å². The SMILES string of the molecule is CCN1C(=O)c2cccc3c(S(=O)(=O)Nc4ccc5oc(C)c(C(C)=O)c5c4)ccc1c23. The van der Waals surface area contributed by atoms with Gasteiger partial charge in [0.25, 0.3) is 15.9 Å². The summed E-state index contributed by atoms with van der Waals surface area (Å²) in [6, 6.07) is 13.1. The van der Waals surface area contributed by atoms with Gasteiger partial charge in [-0.25, -0.2) is 8.42 Å². The Morgan fingerprint density at radius 2 is 1.88 bits per heavy atom. The maximum absolute atomic E-state index is 13.4. The zero-order chi connectivity index (χ0) is 22.8. The van der Waals surface area contributed by atoms with E-state index >= 15 is 0 Å². The molecule has 7 nitrogen and oxygen atoms in total. The number of carbonyl (C=O) groups is 2. The van der Waals surface area contributed by atoms with E-state index in [0.29, 0.717) is 56.5 Å². The fraction of sp³-hybridized carbons (Fsp3) is 0.167. The molecule has 0 spiro atoms. The normalized spacial score (nSPS) is 13.3. The van der Waals surface area contributed by atoms with Crippen LogP contribution in [0.1, 0.15) is 40.3 Å². The summed E-state index contributed by atoms with van der Waals surface area (Å²) in [5, 5.41) is 1.68. The number of hydrogen-bond acceptors (Lipinski definition) is 5. The molecule has 1 aliphatic heterocycles. The van der Waals surface area contributed by atoms with Gasteiger partial charge < -0.3 is 9.32 Å². The summed E-state index contributed by atoms with van der Waals surface area (Å²) in [6.45, 7) is 5.52. The molecular weight excluding hydrogens is 428 g/mol. The number of sulfonamides is 1. The summed E-state index contributed by atoms with van der Waals surface area (Å²) in [5.74, 6) is 0.206. The number of rotatable bonds is 5. The summed E-state index contributed by atoms with van der Waals surface area (Å²) in [5.41, 5.74) is 2.47. The second-order valence-corrected chi connectivity index (χ2v) is 9.42. The van der Waals surface area contributed by atoms with E-state index in [1.54, 1.807) is 54.3 Å². The number of aryl methyl sites for hydroxylation is 1. The fourth-order valence-corrected chi connectivity index (χ4v) is 5.75. The monoisotopic (exact) mass is 448 g/mol. The molecule has 0 radical (unpaired) electrons. The summed E-state index contributed by atoms with van der Waals surface area (Å²) in [4.78, 5) is 26.4. The van der Waals surface area contributed by atoms with Crippen molar-refractivity contribution in [2.75, 3.05) is 16.2 Å². The highest BCUT2D eigenvalue weighted by Crippen LogP contribution is 2.40. The van der Waals surface area contributed by atoms with Crippen molar-refractivity contribution < 1.29 is 22.4 Å². The third-order valence-corrected chi connectivity index (χ3v) is 7.26. The van der Waals surface area contributed by atoms with Gasteiger partial charge in [0.2, 0.25) is 0 Å². The van der Waals surface area contributed by atoms with E-state index in [-0.39, 0.29) is 16.6 Å². The molecule has 32 heavy (non-hydrogen) atoms. The molecule has 0 bridgehead atoms. The van der Waals surface area contributed by atoms with E-state index in [4.69, 9.17) is 4.42 Å². The first kappa shape index (κ1) is 20.3. The third-order valence-electron chi connectivity index (χ3n) is 5.82. The number of ketones is 1. The Morgan fingerprint density at radius 1 is 1.09 bits per heavy atom. The highest BCUT2D eigenvalue weighted by atomic mass is 32.2. The Balaban J connectivity index is 1.63. The Labute approximate surface area is 184 Å². The van der Waals surface area contributed by atoms with E-state index in [9.17, 15) is 18.0 Å². The molecular formula is C24H20N2O5S. The van der Waals surface area contributed by atoms with E-state index in [0.717, 1.165) is 0 Å². The van der Waals surface area contributed by atoms with Crippen molar-refractivity contribution in [3.05, 3.63) is 65.4 Å². The molecule has 8 heteroatoms. The van der Waals surface area contributed by atoms with Gasteiger partial charge in [0.15, 0.2) is 5.78 Å². The van der Waals surface area contributed by atoms with Crippen LogP contribution in [0.3, 0.4) is 0 Å². The van der Waals surface area contributed by atoms with Crippen molar-refractivity contribution in [2.45, 2.75) is 25.7 Å². The molecule has 1 amide bonds. The smallest absolute Gasteiger partial charge is 0.262 e. The predicted octanol–water partition coefficient (Wildman–Crippen LogP) is 4.88. The fourth-order valence-electron chi connectivity index (χ4n) is 4.50. The van der Waals surface area contributed by atoms with Crippen molar-refractivity contribution in [3.8, 4) is 0 Å². The number of Topliss-reactive ketones (excluding diaryl/α,β-unsaturated/α-hetero) is 1. The molecule has 5 rings (SSSR count). The number of furan rings is 1. The summed E-state index contributed by atoms with van der Waals surface area (Å²) in [7, 11) is -3.98. The highest BCUT2D eigenvalue weighted by molar-refractivity contribution is 7.93. The van der Waals surface area contributed by atoms with Crippen LogP contribution in [0.25, 0.3) is 21.7 Å². The van der Waals surface area contributed by atoms with Crippen molar-refractivity contribution in [2.24, 2.45) is 0 Å². The zero-order valence-corrected chi connectivity index (χ0v) is 18.5. The molecule has 0 unspecified atom stereocenters. The molecule has 0 fully saturated rings. The van der Waals surface area contributed by atoms with E-state index in [1.807, 2.05) is 6.92 Å². The van der Waals surface area contributed by atoms with Crippen LogP contribution in [-0.4, -0.2) is 26.7 Å². The maximum Gasteiger partial charge on any atom is 0.262 e. The lowest BCUT2D eigenvalue weighted by Crippen LogP contribution is -2.25. The Bertz CT molecular complexity index is 1570. The Hall–Kier alpha value is -3.65. The second-order valence-electron chi connectivity index (χ2n) is 7.77. The summed E-state index contributed by atoms with van der Waals surface area (Å²) < 4.78 is 34.9. The average Bonchev–Trinajstić information content (AvgIpc) is 3.22.